The van der Waals surface area contributed by atoms with Gasteiger partial charge in [-0.3, -0.25) is 0 Å². The van der Waals surface area contributed by atoms with Crippen molar-refractivity contribution in [1.29, 1.82) is 0 Å². The second kappa shape index (κ2) is 5.23. The van der Waals surface area contributed by atoms with Gasteiger partial charge in [-0.25, -0.2) is 4.79 Å². The van der Waals surface area contributed by atoms with Gasteiger partial charge in [-0.15, -0.1) is 0 Å². The SMILES string of the molecule is COC(=O)c1cc(-c2ccc(Br)cc2)ccc1N. The number of nitrogens with two attached hydrogens (primary N) is 1. The van der Waals surface area contributed by atoms with Gasteiger partial charge in [0.1, 0.15) is 0 Å². The minimum absolute atomic E-state index is 0.387. The van der Waals surface area contributed by atoms with Gasteiger partial charge in [0.2, 0.25) is 0 Å². The maximum absolute atomic E-state index is 11.6. The monoisotopic (exact) mass is 305 g/mol. The van der Waals surface area contributed by atoms with Crippen molar-refractivity contribution in [2.45, 2.75) is 0 Å². The normalized spacial score (nSPS) is 10.1. The van der Waals surface area contributed by atoms with E-state index >= 15 is 0 Å². The summed E-state index contributed by atoms with van der Waals surface area (Å²) in [4.78, 5) is 11.6. The Kier molecular flexibility index (Phi) is 3.67. The fourth-order valence-electron chi connectivity index (χ4n) is 1.66. The Hall–Kier alpha value is -1.81. The molecule has 0 saturated carbocycles. The number of hydrogen-bond donors (Lipinski definition) is 1. The number of hydrogen-bond acceptors (Lipinski definition) is 3. The van der Waals surface area contributed by atoms with Crippen LogP contribution in [0.3, 0.4) is 0 Å². The Morgan fingerprint density at radius 2 is 1.72 bits per heavy atom. The number of esters is 1. The number of anilines is 1. The van der Waals surface area contributed by atoms with Crippen LogP contribution in [0.4, 0.5) is 5.69 Å². The third-order valence-electron chi connectivity index (χ3n) is 2.64. The number of carbonyl (C=O) groups is 1. The first-order valence-electron chi connectivity index (χ1n) is 5.35. The first-order valence-corrected chi connectivity index (χ1v) is 6.15. The van der Waals surface area contributed by atoms with Crippen LogP contribution in [0.2, 0.25) is 0 Å². The lowest BCUT2D eigenvalue weighted by Gasteiger charge is -2.07. The van der Waals surface area contributed by atoms with Crippen LogP contribution in [0, 0.1) is 0 Å². The number of ether oxygens (including phenoxy) is 1. The fourth-order valence-corrected chi connectivity index (χ4v) is 1.93. The van der Waals surface area contributed by atoms with Gasteiger partial charge in [-0.2, -0.15) is 0 Å². The highest BCUT2D eigenvalue weighted by Crippen LogP contribution is 2.25. The van der Waals surface area contributed by atoms with Crippen LogP contribution >= 0.6 is 15.9 Å². The van der Waals surface area contributed by atoms with Gasteiger partial charge in [-0.05, 0) is 35.4 Å². The fraction of sp³-hybridized carbons (Fsp3) is 0.0714. The molecular weight excluding hydrogens is 294 g/mol. The van der Waals surface area contributed by atoms with Crippen LogP contribution in [-0.4, -0.2) is 13.1 Å². The second-order valence-corrected chi connectivity index (χ2v) is 4.72. The van der Waals surface area contributed by atoms with E-state index in [9.17, 15) is 4.79 Å². The van der Waals surface area contributed by atoms with E-state index in [4.69, 9.17) is 10.5 Å². The number of rotatable bonds is 2. The quantitative estimate of drug-likeness (QED) is 0.682. The third-order valence-corrected chi connectivity index (χ3v) is 3.16. The van der Waals surface area contributed by atoms with E-state index in [2.05, 4.69) is 15.9 Å². The topological polar surface area (TPSA) is 52.3 Å². The van der Waals surface area contributed by atoms with Crippen LogP contribution < -0.4 is 5.73 Å². The Bertz CT molecular complexity index is 579. The summed E-state index contributed by atoms with van der Waals surface area (Å²) in [5.74, 6) is -0.425. The molecule has 0 spiro atoms. The zero-order valence-corrected chi connectivity index (χ0v) is 11.4. The van der Waals surface area contributed by atoms with Crippen LogP contribution in [0.15, 0.2) is 46.9 Å². The summed E-state index contributed by atoms with van der Waals surface area (Å²) in [5.41, 5.74) is 8.51. The number of nitrogen functional groups attached to an aromatic ring is 1. The van der Waals surface area contributed by atoms with Gasteiger partial charge < -0.3 is 10.5 Å². The molecule has 2 rings (SSSR count). The summed E-state index contributed by atoms with van der Waals surface area (Å²) < 4.78 is 5.71. The van der Waals surface area contributed by atoms with Crippen LogP contribution in [0.5, 0.6) is 0 Å². The highest BCUT2D eigenvalue weighted by atomic mass is 79.9. The van der Waals surface area contributed by atoms with Gasteiger partial charge in [0.25, 0.3) is 0 Å². The highest BCUT2D eigenvalue weighted by molar-refractivity contribution is 9.10. The maximum atomic E-state index is 11.6. The van der Waals surface area contributed by atoms with E-state index in [1.807, 2.05) is 30.3 Å². The third kappa shape index (κ3) is 2.54. The number of benzene rings is 2. The average Bonchev–Trinajstić information content (AvgIpc) is 2.39. The Morgan fingerprint density at radius 1 is 1.11 bits per heavy atom. The Balaban J connectivity index is 2.46. The van der Waals surface area contributed by atoms with Crippen molar-refractivity contribution in [3.05, 3.63) is 52.5 Å². The summed E-state index contributed by atoms with van der Waals surface area (Å²) in [6.45, 7) is 0. The molecule has 0 radical (unpaired) electrons. The van der Waals surface area contributed by atoms with Gasteiger partial charge in [0, 0.05) is 10.2 Å². The molecule has 0 amide bonds. The molecule has 0 aliphatic heterocycles. The molecule has 0 heterocycles. The standard InChI is InChI=1S/C14H12BrNO2/c1-18-14(17)12-8-10(4-7-13(12)16)9-2-5-11(15)6-3-9/h2-8H,16H2,1H3. The molecule has 3 nitrogen and oxygen atoms in total. The lowest BCUT2D eigenvalue weighted by atomic mass is 10.0. The summed E-state index contributed by atoms with van der Waals surface area (Å²) in [6.07, 6.45) is 0. The molecule has 0 aromatic heterocycles. The molecule has 0 aliphatic rings. The molecule has 0 atom stereocenters. The molecule has 0 fully saturated rings. The van der Waals surface area contributed by atoms with Crippen LogP contribution in [-0.2, 0) is 4.74 Å². The van der Waals surface area contributed by atoms with Crippen molar-refractivity contribution in [3.8, 4) is 11.1 Å². The zero-order valence-electron chi connectivity index (χ0n) is 9.81. The summed E-state index contributed by atoms with van der Waals surface area (Å²) in [5, 5.41) is 0. The molecule has 2 aromatic carbocycles. The van der Waals surface area contributed by atoms with Gasteiger partial charge >= 0.3 is 5.97 Å². The molecule has 2 N–H and O–H groups in total. The van der Waals surface area contributed by atoms with E-state index in [1.165, 1.54) is 7.11 Å². The molecule has 0 saturated heterocycles. The summed E-state index contributed by atoms with van der Waals surface area (Å²) in [6, 6.07) is 13.2. The smallest absolute Gasteiger partial charge is 0.339 e. The van der Waals surface area contributed by atoms with Crippen LogP contribution in [0.1, 0.15) is 10.4 Å². The zero-order chi connectivity index (χ0) is 13.1. The number of carbonyl (C=O) groups excluding carboxylic acids is 1. The summed E-state index contributed by atoms with van der Waals surface area (Å²) >= 11 is 3.38. The van der Waals surface area contributed by atoms with Crippen LogP contribution in [0.25, 0.3) is 11.1 Å². The first kappa shape index (κ1) is 12.6. The minimum Gasteiger partial charge on any atom is -0.465 e. The van der Waals surface area contributed by atoms with Crippen molar-refractivity contribution in [2.24, 2.45) is 0 Å². The van der Waals surface area contributed by atoms with E-state index in [0.717, 1.165) is 15.6 Å². The average molecular weight is 306 g/mol. The molecule has 0 aliphatic carbocycles. The van der Waals surface area contributed by atoms with E-state index in [1.54, 1.807) is 12.1 Å². The number of methoxy groups -OCH3 is 1. The second-order valence-electron chi connectivity index (χ2n) is 3.80. The largest absolute Gasteiger partial charge is 0.465 e. The van der Waals surface area contributed by atoms with Crippen molar-refractivity contribution in [1.82, 2.24) is 0 Å². The summed E-state index contributed by atoms with van der Waals surface area (Å²) in [7, 11) is 1.34. The van der Waals surface area contributed by atoms with E-state index < -0.39 is 5.97 Å². The molecular formula is C14H12BrNO2. The highest BCUT2D eigenvalue weighted by Gasteiger charge is 2.11. The van der Waals surface area contributed by atoms with Gasteiger partial charge in [0.05, 0.1) is 12.7 Å². The maximum Gasteiger partial charge on any atom is 0.339 e. The number of halogens is 1. The Labute approximate surface area is 114 Å². The molecule has 2 aromatic rings. The lowest BCUT2D eigenvalue weighted by Crippen LogP contribution is -2.05. The first-order chi connectivity index (χ1) is 8.61. The predicted octanol–water partition coefficient (Wildman–Crippen LogP) is 3.48. The minimum atomic E-state index is -0.425. The molecule has 4 heteroatoms. The molecule has 18 heavy (non-hydrogen) atoms. The molecule has 0 bridgehead atoms. The lowest BCUT2D eigenvalue weighted by molar-refractivity contribution is 0.0602. The van der Waals surface area contributed by atoms with Crippen molar-refractivity contribution in [3.63, 3.8) is 0 Å². The molecule has 0 unspecified atom stereocenters. The van der Waals surface area contributed by atoms with Gasteiger partial charge in [0.15, 0.2) is 0 Å². The van der Waals surface area contributed by atoms with Gasteiger partial charge in [-0.1, -0.05) is 34.1 Å². The van der Waals surface area contributed by atoms with Crippen molar-refractivity contribution >= 4 is 27.6 Å². The van der Waals surface area contributed by atoms with E-state index in [-0.39, 0.29) is 0 Å². The van der Waals surface area contributed by atoms with Crippen molar-refractivity contribution in [2.75, 3.05) is 12.8 Å². The predicted molar refractivity (Wildman–Crippen MR) is 75.3 cm³/mol. The molecule has 92 valence electrons. The van der Waals surface area contributed by atoms with Crippen molar-refractivity contribution < 1.29 is 9.53 Å². The van der Waals surface area contributed by atoms with E-state index in [0.29, 0.717) is 11.3 Å². The Morgan fingerprint density at radius 3 is 2.33 bits per heavy atom.